The maximum atomic E-state index is 12.6. The van der Waals surface area contributed by atoms with E-state index in [-0.39, 0.29) is 11.7 Å². The minimum absolute atomic E-state index is 0.0878. The number of rotatable bonds is 4. The predicted molar refractivity (Wildman–Crippen MR) is 105 cm³/mol. The van der Waals surface area contributed by atoms with E-state index in [1.165, 1.54) is 18.3 Å². The molecule has 0 fully saturated rings. The number of benzene rings is 1. The summed E-state index contributed by atoms with van der Waals surface area (Å²) >= 11 is 1.17. The fraction of sp³-hybridized carbons (Fsp3) is 0.100. The molecule has 6 nitrogen and oxygen atoms in total. The minimum atomic E-state index is -0.360. The van der Waals surface area contributed by atoms with Gasteiger partial charge in [0.15, 0.2) is 10.9 Å². The Balaban J connectivity index is 1.66. The molecule has 0 radical (unpaired) electrons. The largest absolute Gasteiger partial charge is 0.304 e. The number of nitrogens with one attached hydrogen (secondary N) is 1. The van der Waals surface area contributed by atoms with Crippen LogP contribution < -0.4 is 5.32 Å². The van der Waals surface area contributed by atoms with Crippen molar-refractivity contribution in [3.8, 4) is 11.3 Å². The van der Waals surface area contributed by atoms with E-state index in [0.717, 1.165) is 11.3 Å². The zero-order chi connectivity index (χ0) is 19.0. The number of pyridine rings is 1. The SMILES string of the molecule is CC(=O)c1sc(NC(=O)c2cn3c(C)cccc3n2)nc1-c1ccccc1. The van der Waals surface area contributed by atoms with Gasteiger partial charge < -0.3 is 4.40 Å². The number of nitrogens with zero attached hydrogens (tertiary/aromatic N) is 3. The van der Waals surface area contributed by atoms with Gasteiger partial charge in [-0.3, -0.25) is 14.9 Å². The Hall–Kier alpha value is -3.32. The summed E-state index contributed by atoms with van der Waals surface area (Å²) in [6.07, 6.45) is 1.69. The van der Waals surface area contributed by atoms with Crippen LogP contribution in [0.5, 0.6) is 0 Å². The van der Waals surface area contributed by atoms with E-state index in [0.29, 0.717) is 27.0 Å². The Bertz CT molecular complexity index is 1160. The molecular weight excluding hydrogens is 360 g/mol. The molecule has 4 rings (SSSR count). The molecule has 0 saturated heterocycles. The van der Waals surface area contributed by atoms with Crippen LogP contribution in [-0.4, -0.2) is 26.1 Å². The molecule has 0 aliphatic carbocycles. The number of fused-ring (bicyclic) bond motifs is 1. The molecule has 134 valence electrons. The van der Waals surface area contributed by atoms with E-state index in [1.54, 1.807) is 6.20 Å². The molecule has 0 bridgehead atoms. The van der Waals surface area contributed by atoms with E-state index < -0.39 is 0 Å². The molecule has 0 spiro atoms. The summed E-state index contributed by atoms with van der Waals surface area (Å²) in [4.78, 5) is 34.0. The molecule has 1 amide bonds. The molecule has 0 unspecified atom stereocenters. The molecule has 3 aromatic heterocycles. The first-order valence-electron chi connectivity index (χ1n) is 8.36. The number of carbonyl (C=O) groups excluding carboxylic acids is 2. The molecular formula is C20H16N4O2S. The van der Waals surface area contributed by atoms with Crippen molar-refractivity contribution in [2.45, 2.75) is 13.8 Å². The van der Waals surface area contributed by atoms with Crippen LogP contribution in [0.15, 0.2) is 54.7 Å². The van der Waals surface area contributed by atoms with E-state index in [2.05, 4.69) is 15.3 Å². The first-order chi connectivity index (χ1) is 13.0. The Kier molecular flexibility index (Phi) is 4.29. The molecule has 0 aliphatic rings. The van der Waals surface area contributed by atoms with E-state index in [1.807, 2.05) is 59.9 Å². The molecule has 4 aromatic rings. The molecule has 7 heteroatoms. The summed E-state index contributed by atoms with van der Waals surface area (Å²) in [7, 11) is 0. The Labute approximate surface area is 159 Å². The molecule has 0 saturated carbocycles. The lowest BCUT2D eigenvalue weighted by Crippen LogP contribution is -2.12. The molecule has 27 heavy (non-hydrogen) atoms. The van der Waals surface area contributed by atoms with Gasteiger partial charge in [-0.05, 0) is 19.1 Å². The summed E-state index contributed by atoms with van der Waals surface area (Å²) in [5.74, 6) is -0.447. The third kappa shape index (κ3) is 3.24. The number of anilines is 1. The summed E-state index contributed by atoms with van der Waals surface area (Å²) in [6.45, 7) is 3.44. The maximum absolute atomic E-state index is 12.6. The normalized spacial score (nSPS) is 10.9. The zero-order valence-electron chi connectivity index (χ0n) is 14.8. The monoisotopic (exact) mass is 376 g/mol. The summed E-state index contributed by atoms with van der Waals surface area (Å²) in [6, 6.07) is 15.1. The van der Waals surface area contributed by atoms with Crippen molar-refractivity contribution in [1.29, 1.82) is 0 Å². The topological polar surface area (TPSA) is 76.4 Å². The second-order valence-corrected chi connectivity index (χ2v) is 7.09. The van der Waals surface area contributed by atoms with Gasteiger partial charge in [-0.1, -0.05) is 47.7 Å². The summed E-state index contributed by atoms with van der Waals surface area (Å²) in [5.41, 5.74) is 3.40. The van der Waals surface area contributed by atoms with Gasteiger partial charge in [-0.2, -0.15) is 0 Å². The quantitative estimate of drug-likeness (QED) is 0.541. The van der Waals surface area contributed by atoms with E-state index in [9.17, 15) is 9.59 Å². The molecule has 1 aromatic carbocycles. The van der Waals surface area contributed by atoms with Crippen LogP contribution in [0.2, 0.25) is 0 Å². The molecule has 0 atom stereocenters. The number of ketones is 1. The van der Waals surface area contributed by atoms with E-state index in [4.69, 9.17) is 0 Å². The lowest BCUT2D eigenvalue weighted by atomic mass is 10.1. The third-order valence-corrected chi connectivity index (χ3v) is 5.21. The number of aromatic nitrogens is 3. The molecule has 3 heterocycles. The number of hydrogen-bond acceptors (Lipinski definition) is 5. The van der Waals surface area contributed by atoms with Gasteiger partial charge in [0.1, 0.15) is 11.3 Å². The third-order valence-electron chi connectivity index (χ3n) is 4.14. The second-order valence-electron chi connectivity index (χ2n) is 6.09. The van der Waals surface area contributed by atoms with Crippen molar-refractivity contribution in [3.05, 3.63) is 71.0 Å². The van der Waals surface area contributed by atoms with Crippen LogP contribution in [0.25, 0.3) is 16.9 Å². The molecule has 0 aliphatic heterocycles. The highest BCUT2D eigenvalue weighted by molar-refractivity contribution is 7.18. The fourth-order valence-electron chi connectivity index (χ4n) is 2.82. The van der Waals surface area contributed by atoms with Crippen molar-refractivity contribution >= 4 is 33.8 Å². The van der Waals surface area contributed by atoms with Crippen molar-refractivity contribution in [3.63, 3.8) is 0 Å². The Morgan fingerprint density at radius 2 is 1.81 bits per heavy atom. The number of hydrogen-bond donors (Lipinski definition) is 1. The first kappa shape index (κ1) is 17.1. The average Bonchev–Trinajstić information content (AvgIpc) is 3.28. The molecule has 1 N–H and O–H groups in total. The van der Waals surface area contributed by atoms with Gasteiger partial charge >= 0.3 is 0 Å². The lowest BCUT2D eigenvalue weighted by Gasteiger charge is -1.98. The van der Waals surface area contributed by atoms with Crippen LogP contribution in [0.4, 0.5) is 5.13 Å². The highest BCUT2D eigenvalue weighted by Gasteiger charge is 2.19. The van der Waals surface area contributed by atoms with Gasteiger partial charge in [0.05, 0.1) is 10.6 Å². The summed E-state index contributed by atoms with van der Waals surface area (Å²) in [5, 5.41) is 3.14. The van der Waals surface area contributed by atoms with Gasteiger partial charge in [-0.15, -0.1) is 0 Å². The van der Waals surface area contributed by atoms with Gasteiger partial charge in [0, 0.05) is 24.4 Å². The number of thiazole rings is 1. The van der Waals surface area contributed by atoms with Gasteiger partial charge in [0.25, 0.3) is 5.91 Å². The van der Waals surface area contributed by atoms with Crippen molar-refractivity contribution in [2.75, 3.05) is 5.32 Å². The van der Waals surface area contributed by atoms with Crippen LogP contribution in [0, 0.1) is 6.92 Å². The smallest absolute Gasteiger partial charge is 0.277 e. The van der Waals surface area contributed by atoms with Crippen molar-refractivity contribution in [1.82, 2.24) is 14.4 Å². The lowest BCUT2D eigenvalue weighted by molar-refractivity contribution is 0.101. The van der Waals surface area contributed by atoms with E-state index >= 15 is 0 Å². The Morgan fingerprint density at radius 1 is 1.04 bits per heavy atom. The van der Waals surface area contributed by atoms with Crippen LogP contribution in [-0.2, 0) is 0 Å². The first-order valence-corrected chi connectivity index (χ1v) is 9.18. The van der Waals surface area contributed by atoms with Gasteiger partial charge in [-0.25, -0.2) is 9.97 Å². The minimum Gasteiger partial charge on any atom is -0.304 e. The van der Waals surface area contributed by atoms with Crippen LogP contribution >= 0.6 is 11.3 Å². The number of carbonyl (C=O) groups is 2. The number of amides is 1. The number of aryl methyl sites for hydroxylation is 1. The second kappa shape index (κ2) is 6.77. The highest BCUT2D eigenvalue weighted by Crippen LogP contribution is 2.31. The zero-order valence-corrected chi connectivity index (χ0v) is 15.6. The van der Waals surface area contributed by atoms with Crippen molar-refractivity contribution < 1.29 is 9.59 Å². The van der Waals surface area contributed by atoms with Gasteiger partial charge in [0.2, 0.25) is 0 Å². The maximum Gasteiger partial charge on any atom is 0.277 e. The van der Waals surface area contributed by atoms with Crippen LogP contribution in [0.1, 0.15) is 32.8 Å². The fourth-order valence-corrected chi connectivity index (χ4v) is 3.70. The standard InChI is InChI=1S/C20H16N4O2S/c1-12-7-6-10-16-21-15(11-24(12)16)19(26)23-20-22-17(18(27-20)13(2)25)14-8-4-3-5-9-14/h3-11H,1-2H3,(H,22,23,26). The van der Waals surface area contributed by atoms with Crippen molar-refractivity contribution in [2.24, 2.45) is 0 Å². The Morgan fingerprint density at radius 3 is 2.52 bits per heavy atom. The highest BCUT2D eigenvalue weighted by atomic mass is 32.1. The number of Topliss-reactive ketones (excluding diaryl/α,β-unsaturated/α-hetero) is 1. The average molecular weight is 376 g/mol. The number of imidazole rings is 1. The summed E-state index contributed by atoms with van der Waals surface area (Å²) < 4.78 is 1.85. The van der Waals surface area contributed by atoms with Crippen LogP contribution in [0.3, 0.4) is 0 Å². The predicted octanol–water partition coefficient (Wildman–Crippen LogP) is 4.22.